The minimum absolute atomic E-state index is 0.0536. The highest BCUT2D eigenvalue weighted by Crippen LogP contribution is 2.18. The molecule has 0 bridgehead atoms. The number of carbonyl (C=O) groups excluding carboxylic acids is 1. The van der Waals surface area contributed by atoms with Crippen LogP contribution in [0.3, 0.4) is 0 Å². The number of unbranched alkanes of at least 4 members (excludes halogenated alkanes) is 12. The molecule has 1 aromatic rings. The summed E-state index contributed by atoms with van der Waals surface area (Å²) in [6.45, 7) is 4.63. The van der Waals surface area contributed by atoms with Gasteiger partial charge in [0.15, 0.2) is 0 Å². The molecule has 0 aliphatic rings. The smallest absolute Gasteiger partial charge is 0.145 e. The lowest BCUT2D eigenvalue weighted by Gasteiger charge is -2.21. The maximum absolute atomic E-state index is 10.8. The standard InChI is InChI=1S/C30H50O3/c1-3-4-5-6-7-8-9-10-11-12-13-14-18-21-30(24-29(32)23-22-27(2)25-31)33-26-28-19-16-15-17-20-28/h15-17,19-20,22,25,29-30,32H,3-14,18,21,23-24,26H2,1-2H3/b27-22+/t29-,30-/m1/s1. The van der Waals surface area contributed by atoms with Crippen molar-refractivity contribution in [3.05, 3.63) is 47.5 Å². The minimum atomic E-state index is -0.470. The zero-order valence-corrected chi connectivity index (χ0v) is 21.5. The highest BCUT2D eigenvalue weighted by Gasteiger charge is 2.15. The van der Waals surface area contributed by atoms with Gasteiger partial charge in [0.05, 0.1) is 18.8 Å². The molecule has 3 heteroatoms. The number of ether oxygens (including phenoxy) is 1. The van der Waals surface area contributed by atoms with Crippen LogP contribution in [0, 0.1) is 0 Å². The Labute approximate surface area is 204 Å². The quantitative estimate of drug-likeness (QED) is 0.108. The second kappa shape index (κ2) is 21.1. The van der Waals surface area contributed by atoms with Gasteiger partial charge in [-0.3, -0.25) is 4.79 Å². The maximum Gasteiger partial charge on any atom is 0.145 e. The van der Waals surface area contributed by atoms with Crippen molar-refractivity contribution in [2.24, 2.45) is 0 Å². The number of aldehydes is 1. The van der Waals surface area contributed by atoms with Crippen molar-refractivity contribution >= 4 is 6.29 Å². The fourth-order valence-electron chi connectivity index (χ4n) is 4.22. The summed E-state index contributed by atoms with van der Waals surface area (Å²) in [4.78, 5) is 10.8. The monoisotopic (exact) mass is 458 g/mol. The molecule has 0 saturated carbocycles. The molecule has 0 heterocycles. The van der Waals surface area contributed by atoms with E-state index in [0.29, 0.717) is 25.0 Å². The van der Waals surface area contributed by atoms with Crippen molar-refractivity contribution in [2.45, 2.75) is 135 Å². The zero-order valence-electron chi connectivity index (χ0n) is 21.5. The van der Waals surface area contributed by atoms with Crippen LogP contribution in [0.25, 0.3) is 0 Å². The van der Waals surface area contributed by atoms with E-state index in [1.807, 2.05) is 24.3 Å². The third kappa shape index (κ3) is 17.7. The second-order valence-electron chi connectivity index (χ2n) is 9.64. The van der Waals surface area contributed by atoms with E-state index in [1.165, 1.54) is 82.6 Å². The number of carbonyl (C=O) groups is 1. The average Bonchev–Trinajstić information content (AvgIpc) is 2.84. The molecule has 1 rings (SSSR count). The Morgan fingerprint density at radius 3 is 1.97 bits per heavy atom. The van der Waals surface area contributed by atoms with Crippen molar-refractivity contribution < 1.29 is 14.6 Å². The Bertz CT molecular complexity index is 596. The summed E-state index contributed by atoms with van der Waals surface area (Å²) in [5.41, 5.74) is 1.84. The molecule has 0 fully saturated rings. The lowest BCUT2D eigenvalue weighted by atomic mass is 10.0. The van der Waals surface area contributed by atoms with Gasteiger partial charge in [0.1, 0.15) is 6.29 Å². The van der Waals surface area contributed by atoms with E-state index in [0.717, 1.165) is 19.1 Å². The fourth-order valence-corrected chi connectivity index (χ4v) is 4.22. The summed E-state index contributed by atoms with van der Waals surface area (Å²) >= 11 is 0. The first kappa shape index (κ1) is 29.6. The van der Waals surface area contributed by atoms with Gasteiger partial charge in [0.25, 0.3) is 0 Å². The highest BCUT2D eigenvalue weighted by atomic mass is 16.5. The molecule has 1 N–H and O–H groups in total. The number of benzene rings is 1. The first-order chi connectivity index (χ1) is 16.2. The molecule has 188 valence electrons. The molecule has 0 unspecified atom stereocenters. The third-order valence-electron chi connectivity index (χ3n) is 6.39. The summed E-state index contributed by atoms with van der Waals surface area (Å²) in [5.74, 6) is 0. The van der Waals surface area contributed by atoms with Gasteiger partial charge in [-0.25, -0.2) is 0 Å². The number of hydrogen-bond acceptors (Lipinski definition) is 3. The van der Waals surface area contributed by atoms with Gasteiger partial charge in [-0.1, -0.05) is 127 Å². The molecule has 33 heavy (non-hydrogen) atoms. The predicted molar refractivity (Wildman–Crippen MR) is 140 cm³/mol. The van der Waals surface area contributed by atoms with Gasteiger partial charge in [0.2, 0.25) is 0 Å². The van der Waals surface area contributed by atoms with Crippen LogP contribution in [0.15, 0.2) is 42.0 Å². The highest BCUT2D eigenvalue weighted by molar-refractivity contribution is 5.71. The largest absolute Gasteiger partial charge is 0.393 e. The summed E-state index contributed by atoms with van der Waals surface area (Å²) in [5, 5.41) is 10.4. The summed E-state index contributed by atoms with van der Waals surface area (Å²) in [6, 6.07) is 10.2. The van der Waals surface area contributed by atoms with Gasteiger partial charge in [-0.2, -0.15) is 0 Å². The van der Waals surface area contributed by atoms with Crippen LogP contribution in [0.5, 0.6) is 0 Å². The molecular weight excluding hydrogens is 408 g/mol. The minimum Gasteiger partial charge on any atom is -0.393 e. The second-order valence-corrected chi connectivity index (χ2v) is 9.64. The number of rotatable bonds is 22. The molecule has 0 amide bonds. The normalized spacial score (nSPS) is 13.7. The van der Waals surface area contributed by atoms with E-state index in [1.54, 1.807) is 6.92 Å². The molecule has 0 aromatic heterocycles. The molecule has 0 aliphatic carbocycles. The van der Waals surface area contributed by atoms with Crippen LogP contribution in [-0.2, 0) is 16.1 Å². The summed E-state index contributed by atoms with van der Waals surface area (Å²) in [7, 11) is 0. The topological polar surface area (TPSA) is 46.5 Å². The molecule has 0 spiro atoms. The Balaban J connectivity index is 2.21. The summed E-state index contributed by atoms with van der Waals surface area (Å²) < 4.78 is 6.19. The van der Waals surface area contributed by atoms with Crippen molar-refractivity contribution in [1.82, 2.24) is 0 Å². The van der Waals surface area contributed by atoms with Crippen LogP contribution in [0.4, 0.5) is 0 Å². The number of hydrogen-bond donors (Lipinski definition) is 1. The SMILES string of the molecule is CCCCCCCCCCCCCCC[C@H](C[C@H](O)C/C=C(\C)C=O)OCc1ccccc1. The van der Waals surface area contributed by atoms with Crippen LogP contribution in [0.1, 0.15) is 122 Å². The van der Waals surface area contributed by atoms with E-state index in [2.05, 4.69) is 19.1 Å². The van der Waals surface area contributed by atoms with Crippen LogP contribution in [-0.4, -0.2) is 23.6 Å². The van der Waals surface area contributed by atoms with Gasteiger partial charge < -0.3 is 9.84 Å². The Morgan fingerprint density at radius 1 is 0.879 bits per heavy atom. The molecule has 0 saturated heterocycles. The number of allylic oxidation sites excluding steroid dienone is 1. The first-order valence-corrected chi connectivity index (χ1v) is 13.6. The first-order valence-electron chi connectivity index (χ1n) is 13.6. The van der Waals surface area contributed by atoms with Crippen LogP contribution >= 0.6 is 0 Å². The third-order valence-corrected chi connectivity index (χ3v) is 6.39. The Morgan fingerprint density at radius 2 is 1.42 bits per heavy atom. The van der Waals surface area contributed by atoms with E-state index in [9.17, 15) is 9.90 Å². The molecule has 0 radical (unpaired) electrons. The van der Waals surface area contributed by atoms with Crippen molar-refractivity contribution in [1.29, 1.82) is 0 Å². The fraction of sp³-hybridized carbons (Fsp3) is 0.700. The van der Waals surface area contributed by atoms with Gasteiger partial charge in [-0.15, -0.1) is 0 Å². The van der Waals surface area contributed by atoms with Gasteiger partial charge in [-0.05, 0) is 37.3 Å². The van der Waals surface area contributed by atoms with E-state index in [-0.39, 0.29) is 6.10 Å². The lowest BCUT2D eigenvalue weighted by molar-refractivity contribution is -0.104. The molecule has 3 nitrogen and oxygen atoms in total. The van der Waals surface area contributed by atoms with Crippen LogP contribution in [0.2, 0.25) is 0 Å². The molecular formula is C30H50O3. The van der Waals surface area contributed by atoms with E-state index >= 15 is 0 Å². The van der Waals surface area contributed by atoms with Gasteiger partial charge in [0, 0.05) is 0 Å². The Hall–Kier alpha value is -1.45. The molecule has 1 aromatic carbocycles. The zero-order chi connectivity index (χ0) is 24.0. The number of aliphatic hydroxyl groups is 1. The predicted octanol–water partition coefficient (Wildman–Crippen LogP) is 8.34. The molecule has 0 aliphatic heterocycles. The maximum atomic E-state index is 10.8. The lowest BCUT2D eigenvalue weighted by Crippen LogP contribution is -2.21. The van der Waals surface area contributed by atoms with Crippen molar-refractivity contribution in [3.63, 3.8) is 0 Å². The molecule has 2 atom stereocenters. The summed E-state index contributed by atoms with van der Waals surface area (Å²) in [6.07, 6.45) is 21.9. The van der Waals surface area contributed by atoms with Crippen LogP contribution < -0.4 is 0 Å². The van der Waals surface area contributed by atoms with E-state index in [4.69, 9.17) is 4.74 Å². The van der Waals surface area contributed by atoms with Crippen molar-refractivity contribution in [2.75, 3.05) is 0 Å². The Kier molecular flexibility index (Phi) is 18.9. The average molecular weight is 459 g/mol. The number of aliphatic hydroxyl groups excluding tert-OH is 1. The van der Waals surface area contributed by atoms with Gasteiger partial charge >= 0.3 is 0 Å². The van der Waals surface area contributed by atoms with Crippen molar-refractivity contribution in [3.8, 4) is 0 Å². The van der Waals surface area contributed by atoms with E-state index < -0.39 is 6.10 Å².